The molecule has 0 saturated carbocycles. The van der Waals surface area contributed by atoms with Crippen LogP contribution in [0.25, 0.3) is 0 Å². The van der Waals surface area contributed by atoms with Gasteiger partial charge in [-0.25, -0.2) is 0 Å². The predicted octanol–water partition coefficient (Wildman–Crippen LogP) is 4.58. The maximum Gasteiger partial charge on any atom is 0.234 e. The van der Waals surface area contributed by atoms with Gasteiger partial charge in [-0.2, -0.15) is 5.10 Å². The second-order valence-corrected chi connectivity index (χ2v) is 7.77. The zero-order valence-electron chi connectivity index (χ0n) is 16.4. The summed E-state index contributed by atoms with van der Waals surface area (Å²) < 4.78 is 0. The molecule has 1 N–H and O–H groups in total. The molecule has 1 aliphatic rings. The molecule has 0 bridgehead atoms. The van der Waals surface area contributed by atoms with Crippen molar-refractivity contribution >= 4 is 11.6 Å². The third-order valence-corrected chi connectivity index (χ3v) is 5.50. The highest BCUT2D eigenvalue weighted by Crippen LogP contribution is 2.34. The van der Waals surface area contributed by atoms with E-state index in [9.17, 15) is 4.79 Å². The van der Waals surface area contributed by atoms with Crippen LogP contribution in [0.2, 0.25) is 0 Å². The molecule has 0 aliphatic heterocycles. The van der Waals surface area contributed by atoms with E-state index in [1.54, 1.807) is 6.20 Å². The fourth-order valence-corrected chi connectivity index (χ4v) is 3.94. The van der Waals surface area contributed by atoms with Crippen molar-refractivity contribution in [3.8, 4) is 0 Å². The van der Waals surface area contributed by atoms with Crippen LogP contribution >= 0.6 is 0 Å². The first-order valence-corrected chi connectivity index (χ1v) is 9.96. The smallest absolute Gasteiger partial charge is 0.234 e. The van der Waals surface area contributed by atoms with E-state index in [-0.39, 0.29) is 11.8 Å². The molecule has 1 amide bonds. The van der Waals surface area contributed by atoms with E-state index in [1.807, 2.05) is 35.5 Å². The molecule has 1 aliphatic carbocycles. The average molecular weight is 374 g/mol. The van der Waals surface area contributed by atoms with Gasteiger partial charge in [0.2, 0.25) is 5.91 Å². The number of aromatic amines is 1. The summed E-state index contributed by atoms with van der Waals surface area (Å²) in [6.45, 7) is 4.72. The van der Waals surface area contributed by atoms with Crippen LogP contribution in [0, 0.1) is 0 Å². The van der Waals surface area contributed by atoms with Gasteiger partial charge in [0.15, 0.2) is 0 Å². The standard InChI is InChI=1S/C23H26N4O/c1-16(2)22-11-10-19(14-24-22)27(15-17-12-25-26-13-17)23(28)21-9-5-7-18-6-3-4-8-20(18)21/h3-4,6,8,10-14,16,21H,5,7,9,15H2,1-2H3,(H,25,26). The lowest BCUT2D eigenvalue weighted by molar-refractivity contribution is -0.120. The van der Waals surface area contributed by atoms with Crippen molar-refractivity contribution in [3.05, 3.63) is 77.4 Å². The van der Waals surface area contributed by atoms with E-state index in [1.165, 1.54) is 11.1 Å². The zero-order valence-corrected chi connectivity index (χ0v) is 16.4. The lowest BCUT2D eigenvalue weighted by atomic mass is 9.82. The van der Waals surface area contributed by atoms with Crippen LogP contribution in [0.5, 0.6) is 0 Å². The van der Waals surface area contributed by atoms with Gasteiger partial charge in [-0.05, 0) is 48.4 Å². The van der Waals surface area contributed by atoms with Crippen LogP contribution in [0.15, 0.2) is 55.0 Å². The van der Waals surface area contributed by atoms with Gasteiger partial charge in [-0.3, -0.25) is 14.9 Å². The highest BCUT2D eigenvalue weighted by molar-refractivity contribution is 5.98. The fraction of sp³-hybridized carbons (Fsp3) is 0.348. The van der Waals surface area contributed by atoms with Gasteiger partial charge in [0.1, 0.15) is 0 Å². The Balaban J connectivity index is 1.68. The van der Waals surface area contributed by atoms with E-state index in [2.05, 4.69) is 47.2 Å². The third-order valence-electron chi connectivity index (χ3n) is 5.50. The van der Waals surface area contributed by atoms with Crippen molar-refractivity contribution in [2.45, 2.75) is 51.5 Å². The Morgan fingerprint density at radius 1 is 1.21 bits per heavy atom. The Kier molecular flexibility index (Phi) is 5.24. The summed E-state index contributed by atoms with van der Waals surface area (Å²) in [4.78, 5) is 20.1. The lowest BCUT2D eigenvalue weighted by Gasteiger charge is -2.31. The lowest BCUT2D eigenvalue weighted by Crippen LogP contribution is -2.36. The van der Waals surface area contributed by atoms with Gasteiger partial charge in [0.05, 0.1) is 30.5 Å². The number of benzene rings is 1. The van der Waals surface area contributed by atoms with Gasteiger partial charge < -0.3 is 4.90 Å². The maximum atomic E-state index is 13.7. The summed E-state index contributed by atoms with van der Waals surface area (Å²) in [5.41, 5.74) is 5.30. The molecule has 28 heavy (non-hydrogen) atoms. The van der Waals surface area contributed by atoms with Crippen molar-refractivity contribution in [2.75, 3.05) is 4.90 Å². The molecule has 1 atom stereocenters. The van der Waals surface area contributed by atoms with Gasteiger partial charge in [0, 0.05) is 17.5 Å². The number of anilines is 1. The number of pyridine rings is 1. The highest BCUT2D eigenvalue weighted by atomic mass is 16.2. The minimum Gasteiger partial charge on any atom is -0.306 e. The molecule has 5 nitrogen and oxygen atoms in total. The molecular formula is C23H26N4O. The molecule has 3 aromatic rings. The number of fused-ring (bicyclic) bond motifs is 1. The first kappa shape index (κ1) is 18.4. The summed E-state index contributed by atoms with van der Waals surface area (Å²) in [5.74, 6) is 0.381. The largest absolute Gasteiger partial charge is 0.306 e. The maximum absolute atomic E-state index is 13.7. The number of carbonyl (C=O) groups excluding carboxylic acids is 1. The van der Waals surface area contributed by atoms with Crippen molar-refractivity contribution in [1.29, 1.82) is 0 Å². The Morgan fingerprint density at radius 3 is 2.79 bits per heavy atom. The fourth-order valence-electron chi connectivity index (χ4n) is 3.94. The van der Waals surface area contributed by atoms with E-state index in [0.29, 0.717) is 12.5 Å². The van der Waals surface area contributed by atoms with E-state index in [4.69, 9.17) is 0 Å². The molecule has 4 rings (SSSR count). The third kappa shape index (κ3) is 3.70. The Morgan fingerprint density at radius 2 is 2.07 bits per heavy atom. The van der Waals surface area contributed by atoms with Gasteiger partial charge in [-0.15, -0.1) is 0 Å². The molecule has 144 valence electrons. The van der Waals surface area contributed by atoms with Crippen molar-refractivity contribution in [2.24, 2.45) is 0 Å². The Labute approximate surface area is 165 Å². The number of nitrogens with one attached hydrogen (secondary N) is 1. The number of hydrogen-bond donors (Lipinski definition) is 1. The molecule has 0 saturated heterocycles. The second kappa shape index (κ2) is 7.97. The van der Waals surface area contributed by atoms with E-state index >= 15 is 0 Å². The summed E-state index contributed by atoms with van der Waals surface area (Å²) in [7, 11) is 0. The van der Waals surface area contributed by atoms with Gasteiger partial charge in [0.25, 0.3) is 0 Å². The molecule has 5 heteroatoms. The Bertz CT molecular complexity index is 932. The van der Waals surface area contributed by atoms with E-state index in [0.717, 1.165) is 36.2 Å². The molecule has 0 spiro atoms. The zero-order chi connectivity index (χ0) is 19.5. The number of carbonyl (C=O) groups is 1. The van der Waals surface area contributed by atoms with Crippen LogP contribution in [0.4, 0.5) is 5.69 Å². The highest BCUT2D eigenvalue weighted by Gasteiger charge is 2.31. The predicted molar refractivity (Wildman–Crippen MR) is 110 cm³/mol. The number of nitrogens with zero attached hydrogens (tertiary/aromatic N) is 3. The minimum absolute atomic E-state index is 0.110. The van der Waals surface area contributed by atoms with Crippen molar-refractivity contribution in [3.63, 3.8) is 0 Å². The average Bonchev–Trinajstić information content (AvgIpc) is 3.24. The number of hydrogen-bond acceptors (Lipinski definition) is 3. The molecule has 0 radical (unpaired) electrons. The summed E-state index contributed by atoms with van der Waals surface area (Å²) in [6.07, 6.45) is 8.40. The molecule has 2 aromatic heterocycles. The number of rotatable bonds is 5. The number of amides is 1. The summed E-state index contributed by atoms with van der Waals surface area (Å²) in [6, 6.07) is 12.4. The quantitative estimate of drug-likeness (QED) is 0.711. The monoisotopic (exact) mass is 374 g/mol. The van der Waals surface area contributed by atoms with Gasteiger partial charge in [-0.1, -0.05) is 38.1 Å². The molecule has 1 aromatic carbocycles. The normalized spacial score (nSPS) is 16.0. The van der Waals surface area contributed by atoms with Crippen LogP contribution in [0.1, 0.15) is 60.9 Å². The minimum atomic E-state index is -0.110. The SMILES string of the molecule is CC(C)c1ccc(N(Cc2cn[nH]c2)C(=O)C2CCCc3ccccc32)cn1. The van der Waals surface area contributed by atoms with Crippen LogP contribution in [-0.2, 0) is 17.8 Å². The molecule has 1 unspecified atom stereocenters. The van der Waals surface area contributed by atoms with Gasteiger partial charge >= 0.3 is 0 Å². The summed E-state index contributed by atoms with van der Waals surface area (Å²) >= 11 is 0. The molecule has 2 heterocycles. The number of H-pyrrole nitrogens is 1. The van der Waals surface area contributed by atoms with Crippen molar-refractivity contribution < 1.29 is 4.79 Å². The number of aromatic nitrogens is 3. The van der Waals surface area contributed by atoms with Crippen LogP contribution in [-0.4, -0.2) is 21.1 Å². The van der Waals surface area contributed by atoms with E-state index < -0.39 is 0 Å². The van der Waals surface area contributed by atoms with Crippen LogP contribution < -0.4 is 4.90 Å². The first-order chi connectivity index (χ1) is 13.6. The van der Waals surface area contributed by atoms with Crippen molar-refractivity contribution in [1.82, 2.24) is 15.2 Å². The molecule has 0 fully saturated rings. The summed E-state index contributed by atoms with van der Waals surface area (Å²) in [5, 5.41) is 6.88. The van der Waals surface area contributed by atoms with Crippen LogP contribution in [0.3, 0.4) is 0 Å². The Hall–Kier alpha value is -2.95. The first-order valence-electron chi connectivity index (χ1n) is 9.96. The number of aryl methyl sites for hydroxylation is 1. The second-order valence-electron chi connectivity index (χ2n) is 7.77. The molecular weight excluding hydrogens is 348 g/mol. The topological polar surface area (TPSA) is 61.9 Å².